The van der Waals surface area contributed by atoms with Crippen LogP contribution in [0.15, 0.2) is 35.5 Å². The highest BCUT2D eigenvalue weighted by Gasteiger charge is 2.17. The van der Waals surface area contributed by atoms with Crippen LogP contribution in [0.4, 0.5) is 11.4 Å². The van der Waals surface area contributed by atoms with Gasteiger partial charge in [0.25, 0.3) is 0 Å². The molecule has 2 rings (SSSR count). The van der Waals surface area contributed by atoms with Gasteiger partial charge in [0, 0.05) is 31.0 Å². The number of nitrogen functional groups attached to an aromatic ring is 1. The van der Waals surface area contributed by atoms with Crippen molar-refractivity contribution in [3.63, 3.8) is 0 Å². The fourth-order valence-corrected chi connectivity index (χ4v) is 2.72. The normalized spacial score (nSPS) is 11.5. The zero-order valence-electron chi connectivity index (χ0n) is 11.3. The van der Waals surface area contributed by atoms with E-state index in [1.807, 2.05) is 13.2 Å². The molecule has 108 valence electrons. The Balaban J connectivity index is 2.27. The molecular formula is C12H17N5O2S. The van der Waals surface area contributed by atoms with E-state index in [2.05, 4.69) is 15.1 Å². The predicted molar refractivity (Wildman–Crippen MR) is 77.6 cm³/mol. The number of nitrogens with zero attached hydrogens (tertiary/aromatic N) is 2. The Bertz CT molecular complexity index is 708. The van der Waals surface area contributed by atoms with Crippen LogP contribution in [-0.2, 0) is 23.6 Å². The molecule has 8 heteroatoms. The van der Waals surface area contributed by atoms with Crippen molar-refractivity contribution in [3.8, 4) is 0 Å². The van der Waals surface area contributed by atoms with E-state index >= 15 is 0 Å². The SMILES string of the molecule is CNS(=O)(=O)c1cc(N)ccc1NCc1cnn(C)c1. The van der Waals surface area contributed by atoms with E-state index < -0.39 is 10.0 Å². The molecule has 0 amide bonds. The van der Waals surface area contributed by atoms with Gasteiger partial charge in [0.2, 0.25) is 10.0 Å². The van der Waals surface area contributed by atoms with Gasteiger partial charge < -0.3 is 11.1 Å². The molecule has 0 aliphatic rings. The van der Waals surface area contributed by atoms with E-state index in [1.165, 1.54) is 13.1 Å². The Labute approximate surface area is 117 Å². The molecule has 0 unspecified atom stereocenters. The Morgan fingerprint density at radius 2 is 2.15 bits per heavy atom. The highest BCUT2D eigenvalue weighted by molar-refractivity contribution is 7.89. The standard InChI is InChI=1S/C12H17N5O2S/c1-14-20(18,19)12-5-10(13)3-4-11(12)15-6-9-7-16-17(2)8-9/h3-5,7-8,14-15H,6,13H2,1-2H3. The lowest BCUT2D eigenvalue weighted by molar-refractivity contribution is 0.588. The van der Waals surface area contributed by atoms with E-state index in [9.17, 15) is 8.42 Å². The predicted octanol–water partition coefficient (Wildman–Crippen LogP) is 0.522. The Hall–Kier alpha value is -2.06. The van der Waals surface area contributed by atoms with Crippen LogP contribution in [0.5, 0.6) is 0 Å². The van der Waals surface area contributed by atoms with Gasteiger partial charge in [-0.15, -0.1) is 0 Å². The molecule has 0 spiro atoms. The third-order valence-electron chi connectivity index (χ3n) is 2.81. The number of aryl methyl sites for hydroxylation is 1. The van der Waals surface area contributed by atoms with Crippen LogP contribution in [0.2, 0.25) is 0 Å². The molecule has 0 fully saturated rings. The van der Waals surface area contributed by atoms with Gasteiger partial charge in [0.05, 0.1) is 11.9 Å². The lowest BCUT2D eigenvalue weighted by Gasteiger charge is -2.12. The largest absolute Gasteiger partial charge is 0.399 e. The number of sulfonamides is 1. The van der Waals surface area contributed by atoms with E-state index in [4.69, 9.17) is 5.73 Å². The Kier molecular flexibility index (Phi) is 3.96. The van der Waals surface area contributed by atoms with Crippen molar-refractivity contribution in [3.05, 3.63) is 36.2 Å². The van der Waals surface area contributed by atoms with E-state index in [0.29, 0.717) is 17.9 Å². The highest BCUT2D eigenvalue weighted by atomic mass is 32.2. The van der Waals surface area contributed by atoms with Crippen LogP contribution in [0.3, 0.4) is 0 Å². The molecule has 7 nitrogen and oxygen atoms in total. The van der Waals surface area contributed by atoms with E-state index in [1.54, 1.807) is 23.0 Å². The number of anilines is 2. The summed E-state index contributed by atoms with van der Waals surface area (Å²) in [6.45, 7) is 0.476. The monoisotopic (exact) mass is 295 g/mol. The highest BCUT2D eigenvalue weighted by Crippen LogP contribution is 2.24. The summed E-state index contributed by atoms with van der Waals surface area (Å²) in [5, 5.41) is 7.14. The number of hydrogen-bond donors (Lipinski definition) is 3. The summed E-state index contributed by atoms with van der Waals surface area (Å²) in [4.78, 5) is 0.129. The van der Waals surface area contributed by atoms with Gasteiger partial charge in [-0.2, -0.15) is 5.10 Å². The number of nitrogens with one attached hydrogen (secondary N) is 2. The van der Waals surface area contributed by atoms with Gasteiger partial charge in [0.15, 0.2) is 0 Å². The molecule has 0 atom stereocenters. The van der Waals surface area contributed by atoms with E-state index in [-0.39, 0.29) is 4.90 Å². The van der Waals surface area contributed by atoms with Gasteiger partial charge in [-0.05, 0) is 25.2 Å². The maximum absolute atomic E-state index is 12.0. The second-order valence-corrected chi connectivity index (χ2v) is 6.19. The van der Waals surface area contributed by atoms with Crippen molar-refractivity contribution in [2.24, 2.45) is 7.05 Å². The molecule has 2 aromatic rings. The summed E-state index contributed by atoms with van der Waals surface area (Å²) < 4.78 is 27.9. The minimum Gasteiger partial charge on any atom is -0.399 e. The molecule has 0 aliphatic heterocycles. The first-order valence-electron chi connectivity index (χ1n) is 5.97. The summed E-state index contributed by atoms with van der Waals surface area (Å²) in [6.07, 6.45) is 3.58. The zero-order valence-corrected chi connectivity index (χ0v) is 12.1. The summed E-state index contributed by atoms with van der Waals surface area (Å²) in [5.74, 6) is 0. The average Bonchev–Trinajstić information content (AvgIpc) is 2.83. The maximum Gasteiger partial charge on any atom is 0.242 e. The zero-order chi connectivity index (χ0) is 14.8. The first kappa shape index (κ1) is 14.4. The number of rotatable bonds is 5. The van der Waals surface area contributed by atoms with Gasteiger partial charge in [-0.1, -0.05) is 0 Å². The molecule has 4 N–H and O–H groups in total. The van der Waals surface area contributed by atoms with Crippen LogP contribution < -0.4 is 15.8 Å². The number of benzene rings is 1. The average molecular weight is 295 g/mol. The van der Waals surface area contributed by atoms with Gasteiger partial charge in [0.1, 0.15) is 4.90 Å². The molecule has 0 radical (unpaired) electrons. The molecule has 0 saturated carbocycles. The van der Waals surface area contributed by atoms with Crippen molar-refractivity contribution in [2.75, 3.05) is 18.1 Å². The molecule has 20 heavy (non-hydrogen) atoms. The summed E-state index contributed by atoms with van der Waals surface area (Å²) >= 11 is 0. The minimum absolute atomic E-state index is 0.129. The van der Waals surface area contributed by atoms with Crippen LogP contribution in [-0.4, -0.2) is 25.2 Å². The summed E-state index contributed by atoms with van der Waals surface area (Å²) in [7, 11) is -0.376. The maximum atomic E-state index is 12.0. The third-order valence-corrected chi connectivity index (χ3v) is 4.26. The van der Waals surface area contributed by atoms with Gasteiger partial charge in [-0.25, -0.2) is 13.1 Å². The molecular weight excluding hydrogens is 278 g/mol. The van der Waals surface area contributed by atoms with Gasteiger partial charge >= 0.3 is 0 Å². The second kappa shape index (κ2) is 5.51. The first-order chi connectivity index (χ1) is 9.42. The smallest absolute Gasteiger partial charge is 0.242 e. The molecule has 1 aromatic heterocycles. The second-order valence-electron chi connectivity index (χ2n) is 4.34. The number of aromatic nitrogens is 2. The molecule has 1 aromatic carbocycles. The molecule has 1 heterocycles. The summed E-state index contributed by atoms with van der Waals surface area (Å²) in [6, 6.07) is 4.73. The number of hydrogen-bond acceptors (Lipinski definition) is 5. The topological polar surface area (TPSA) is 102 Å². The Morgan fingerprint density at radius 1 is 1.40 bits per heavy atom. The molecule has 0 saturated heterocycles. The van der Waals surface area contributed by atoms with Crippen molar-refractivity contribution in [1.82, 2.24) is 14.5 Å². The van der Waals surface area contributed by atoms with Crippen molar-refractivity contribution >= 4 is 21.4 Å². The third kappa shape index (κ3) is 3.09. The first-order valence-corrected chi connectivity index (χ1v) is 7.45. The van der Waals surface area contributed by atoms with Crippen molar-refractivity contribution in [2.45, 2.75) is 11.4 Å². The van der Waals surface area contributed by atoms with Crippen molar-refractivity contribution < 1.29 is 8.42 Å². The van der Waals surface area contributed by atoms with Gasteiger partial charge in [-0.3, -0.25) is 4.68 Å². The minimum atomic E-state index is -3.56. The van der Waals surface area contributed by atoms with Crippen LogP contribution >= 0.6 is 0 Å². The number of nitrogens with two attached hydrogens (primary N) is 1. The lowest BCUT2D eigenvalue weighted by atomic mass is 10.2. The molecule has 0 aliphatic carbocycles. The van der Waals surface area contributed by atoms with E-state index in [0.717, 1.165) is 5.56 Å². The lowest BCUT2D eigenvalue weighted by Crippen LogP contribution is -2.20. The quantitative estimate of drug-likeness (QED) is 0.698. The fraction of sp³-hybridized carbons (Fsp3) is 0.250. The van der Waals surface area contributed by atoms with Crippen molar-refractivity contribution in [1.29, 1.82) is 0 Å². The fourth-order valence-electron chi connectivity index (χ4n) is 1.78. The Morgan fingerprint density at radius 3 is 2.75 bits per heavy atom. The summed E-state index contributed by atoms with van der Waals surface area (Å²) in [5.41, 5.74) is 7.50. The van der Waals surface area contributed by atoms with Crippen LogP contribution in [0.25, 0.3) is 0 Å². The molecule has 0 bridgehead atoms. The van der Waals surface area contributed by atoms with Crippen LogP contribution in [0.1, 0.15) is 5.56 Å². The van der Waals surface area contributed by atoms with Crippen LogP contribution in [0, 0.1) is 0 Å².